The number of hydrogen-bond acceptors (Lipinski definition) is 9. The Balaban J connectivity index is 2.02. The van der Waals surface area contributed by atoms with E-state index < -0.39 is 23.8 Å². The molecule has 0 amide bonds. The Morgan fingerprint density at radius 1 is 1.24 bits per heavy atom. The van der Waals surface area contributed by atoms with E-state index in [0.29, 0.717) is 0 Å². The topological polar surface area (TPSA) is 100 Å². The van der Waals surface area contributed by atoms with Gasteiger partial charge in [-0.15, -0.1) is 0 Å². The van der Waals surface area contributed by atoms with Gasteiger partial charge in [-0.3, -0.25) is 4.90 Å². The zero-order valence-electron chi connectivity index (χ0n) is 19.8. The monoisotopic (exact) mass is 475 g/mol. The third-order valence-electron chi connectivity index (χ3n) is 5.64. The highest BCUT2D eigenvalue weighted by Crippen LogP contribution is 2.31. The summed E-state index contributed by atoms with van der Waals surface area (Å²) < 4.78 is 36.5. The highest BCUT2D eigenvalue weighted by molar-refractivity contribution is 5.95. The van der Waals surface area contributed by atoms with Crippen LogP contribution in [0.2, 0.25) is 0 Å². The SMILES string of the molecule is CCOC(=O)c1c(OCc2ccccc2)nc(O[C@@H](C)[C@@H]2CCCN2C)nc1C(F)C(=O)OC. The number of likely N-dealkylation sites (tertiary alicyclic amines) is 1. The highest BCUT2D eigenvalue weighted by atomic mass is 19.1. The fraction of sp³-hybridized carbons (Fsp3) is 0.500. The number of nitrogens with zero attached hydrogens (tertiary/aromatic N) is 3. The molecule has 184 valence electrons. The molecule has 10 heteroatoms. The Bertz CT molecular complexity index is 990. The number of alkyl halides is 1. The first-order chi connectivity index (χ1) is 16.3. The molecular weight excluding hydrogens is 445 g/mol. The number of ether oxygens (including phenoxy) is 4. The maximum absolute atomic E-state index is 15.1. The van der Waals surface area contributed by atoms with Gasteiger partial charge in [-0.2, -0.15) is 9.97 Å². The third-order valence-corrected chi connectivity index (χ3v) is 5.64. The molecule has 3 atom stereocenters. The first kappa shape index (κ1) is 25.4. The average molecular weight is 476 g/mol. The van der Waals surface area contributed by atoms with Crippen molar-refractivity contribution in [2.24, 2.45) is 0 Å². The number of carbonyl (C=O) groups excluding carboxylic acids is 2. The summed E-state index contributed by atoms with van der Waals surface area (Å²) in [6.07, 6.45) is -0.731. The number of methoxy groups -OCH3 is 1. The summed E-state index contributed by atoms with van der Waals surface area (Å²) in [4.78, 5) is 35.3. The zero-order chi connectivity index (χ0) is 24.7. The van der Waals surface area contributed by atoms with Crippen molar-refractivity contribution < 1.29 is 32.9 Å². The minimum absolute atomic E-state index is 0.0227. The summed E-state index contributed by atoms with van der Waals surface area (Å²) in [5.41, 5.74) is -0.107. The van der Waals surface area contributed by atoms with E-state index in [1.54, 1.807) is 6.92 Å². The lowest BCUT2D eigenvalue weighted by molar-refractivity contribution is -0.146. The summed E-state index contributed by atoms with van der Waals surface area (Å²) in [5.74, 6) is -2.36. The standard InChI is InChI=1S/C24H30FN3O6/c1-5-32-22(29)18-20(19(25)23(30)31-4)26-24(34-15(2)17-12-9-13-28(17)3)27-21(18)33-14-16-10-7-6-8-11-16/h6-8,10-11,15,17,19H,5,9,12-14H2,1-4H3/t15-,17-,19?/m0/s1. The Kier molecular flexibility index (Phi) is 8.75. The molecule has 3 rings (SSSR count). The molecule has 1 aliphatic rings. The van der Waals surface area contributed by atoms with Gasteiger partial charge in [-0.05, 0) is 45.8 Å². The van der Waals surface area contributed by atoms with E-state index >= 15 is 4.39 Å². The number of hydrogen-bond donors (Lipinski definition) is 0. The quantitative estimate of drug-likeness (QED) is 0.479. The lowest BCUT2D eigenvalue weighted by atomic mass is 10.1. The molecule has 0 bridgehead atoms. The van der Waals surface area contributed by atoms with Crippen molar-refractivity contribution in [3.8, 4) is 11.9 Å². The van der Waals surface area contributed by atoms with Crippen molar-refractivity contribution in [3.05, 3.63) is 47.2 Å². The van der Waals surface area contributed by atoms with Crippen LogP contribution in [0.15, 0.2) is 30.3 Å². The average Bonchev–Trinajstić information content (AvgIpc) is 3.28. The van der Waals surface area contributed by atoms with Crippen LogP contribution < -0.4 is 9.47 Å². The Morgan fingerprint density at radius 3 is 2.59 bits per heavy atom. The smallest absolute Gasteiger partial charge is 0.346 e. The second-order valence-corrected chi connectivity index (χ2v) is 7.97. The van der Waals surface area contributed by atoms with Crippen LogP contribution in [0, 0.1) is 0 Å². The lowest BCUT2D eigenvalue weighted by Gasteiger charge is -2.26. The maximum Gasteiger partial charge on any atom is 0.346 e. The summed E-state index contributed by atoms with van der Waals surface area (Å²) >= 11 is 0. The van der Waals surface area contributed by atoms with Crippen LogP contribution in [0.1, 0.15) is 54.5 Å². The van der Waals surface area contributed by atoms with E-state index in [1.807, 2.05) is 44.3 Å². The van der Waals surface area contributed by atoms with Crippen molar-refractivity contribution >= 4 is 11.9 Å². The number of carbonyl (C=O) groups is 2. The molecule has 1 unspecified atom stereocenters. The minimum Gasteiger partial charge on any atom is -0.472 e. The van der Waals surface area contributed by atoms with Gasteiger partial charge in [0.1, 0.15) is 24.0 Å². The predicted octanol–water partition coefficient (Wildman–Crippen LogP) is 3.28. The fourth-order valence-electron chi connectivity index (χ4n) is 3.89. The van der Waals surface area contributed by atoms with Gasteiger partial charge in [0.25, 0.3) is 0 Å². The zero-order valence-corrected chi connectivity index (χ0v) is 19.8. The van der Waals surface area contributed by atoms with Crippen LogP contribution in [0.5, 0.6) is 11.9 Å². The first-order valence-corrected chi connectivity index (χ1v) is 11.2. The van der Waals surface area contributed by atoms with Gasteiger partial charge in [-0.25, -0.2) is 14.0 Å². The van der Waals surface area contributed by atoms with Crippen LogP contribution in [-0.2, 0) is 20.9 Å². The lowest BCUT2D eigenvalue weighted by Crippen LogP contribution is -2.38. The molecule has 0 N–H and O–H groups in total. The second-order valence-electron chi connectivity index (χ2n) is 7.97. The maximum atomic E-state index is 15.1. The van der Waals surface area contributed by atoms with E-state index in [0.717, 1.165) is 32.1 Å². The molecule has 1 saturated heterocycles. The summed E-state index contributed by atoms with van der Waals surface area (Å²) in [7, 11) is 3.04. The molecule has 0 aliphatic carbocycles. The van der Waals surface area contributed by atoms with E-state index in [-0.39, 0.29) is 42.8 Å². The largest absolute Gasteiger partial charge is 0.472 e. The number of benzene rings is 1. The van der Waals surface area contributed by atoms with Crippen LogP contribution >= 0.6 is 0 Å². The number of esters is 2. The second kappa shape index (κ2) is 11.7. The Hall–Kier alpha value is -3.27. The number of aromatic nitrogens is 2. The molecule has 0 spiro atoms. The van der Waals surface area contributed by atoms with E-state index in [2.05, 4.69) is 19.6 Å². The van der Waals surface area contributed by atoms with Gasteiger partial charge in [0.2, 0.25) is 12.1 Å². The highest BCUT2D eigenvalue weighted by Gasteiger charge is 2.35. The van der Waals surface area contributed by atoms with Crippen molar-refractivity contribution in [2.45, 2.75) is 51.6 Å². The molecule has 1 fully saturated rings. The molecule has 34 heavy (non-hydrogen) atoms. The molecule has 2 aromatic rings. The van der Waals surface area contributed by atoms with E-state index in [9.17, 15) is 9.59 Å². The molecule has 1 aromatic carbocycles. The summed E-state index contributed by atoms with van der Waals surface area (Å²) in [5, 5.41) is 0. The Morgan fingerprint density at radius 2 is 1.97 bits per heavy atom. The predicted molar refractivity (Wildman–Crippen MR) is 120 cm³/mol. The third kappa shape index (κ3) is 5.99. The molecule has 0 radical (unpaired) electrons. The molecule has 1 aromatic heterocycles. The van der Waals surface area contributed by atoms with Gasteiger partial charge in [-0.1, -0.05) is 30.3 Å². The van der Waals surface area contributed by atoms with E-state index in [1.165, 1.54) is 0 Å². The van der Waals surface area contributed by atoms with Crippen molar-refractivity contribution in [3.63, 3.8) is 0 Å². The van der Waals surface area contributed by atoms with E-state index in [4.69, 9.17) is 14.2 Å². The van der Waals surface area contributed by atoms with Gasteiger partial charge in [0.05, 0.1) is 13.7 Å². The number of halogens is 1. The normalized spacial score (nSPS) is 17.6. The van der Waals surface area contributed by atoms with Crippen LogP contribution in [0.3, 0.4) is 0 Å². The van der Waals surface area contributed by atoms with Crippen molar-refractivity contribution in [1.82, 2.24) is 14.9 Å². The minimum atomic E-state index is -2.36. The Labute approximate surface area is 198 Å². The molecule has 1 aliphatic heterocycles. The van der Waals surface area contributed by atoms with Gasteiger partial charge < -0.3 is 18.9 Å². The van der Waals surface area contributed by atoms with Crippen LogP contribution in [0.25, 0.3) is 0 Å². The van der Waals surface area contributed by atoms with Crippen LogP contribution in [0.4, 0.5) is 4.39 Å². The molecular formula is C24H30FN3O6. The molecule has 0 saturated carbocycles. The van der Waals surface area contributed by atoms with Gasteiger partial charge in [0.15, 0.2) is 0 Å². The van der Waals surface area contributed by atoms with Crippen LogP contribution in [-0.4, -0.2) is 66.3 Å². The fourth-order valence-corrected chi connectivity index (χ4v) is 3.89. The first-order valence-electron chi connectivity index (χ1n) is 11.2. The molecule has 9 nitrogen and oxygen atoms in total. The molecule has 2 heterocycles. The van der Waals surface area contributed by atoms with Crippen molar-refractivity contribution in [1.29, 1.82) is 0 Å². The van der Waals surface area contributed by atoms with Crippen molar-refractivity contribution in [2.75, 3.05) is 27.3 Å². The van der Waals surface area contributed by atoms with Gasteiger partial charge >= 0.3 is 17.9 Å². The summed E-state index contributed by atoms with van der Waals surface area (Å²) in [6.45, 7) is 4.47. The summed E-state index contributed by atoms with van der Waals surface area (Å²) in [6, 6.07) is 9.09. The number of likely N-dealkylation sites (N-methyl/N-ethyl adjacent to an activating group) is 1. The number of rotatable bonds is 10. The van der Waals surface area contributed by atoms with Gasteiger partial charge in [0, 0.05) is 6.04 Å².